The van der Waals surface area contributed by atoms with E-state index in [-0.39, 0.29) is 18.1 Å². The summed E-state index contributed by atoms with van der Waals surface area (Å²) in [7, 11) is 3.52. The summed E-state index contributed by atoms with van der Waals surface area (Å²) < 4.78 is 11.8. The Morgan fingerprint density at radius 1 is 1.44 bits per heavy atom. The predicted molar refractivity (Wildman–Crippen MR) is 99.8 cm³/mol. The number of likely N-dealkylation sites (N-methyl/N-ethyl adjacent to an activating group) is 1. The lowest BCUT2D eigenvalue weighted by atomic mass is 9.78. The lowest BCUT2D eigenvalue weighted by molar-refractivity contribution is -0.133. The van der Waals surface area contributed by atoms with Crippen molar-refractivity contribution in [1.82, 2.24) is 9.80 Å². The molecule has 2 fully saturated rings. The summed E-state index contributed by atoms with van der Waals surface area (Å²) in [5, 5.41) is 2.15. The van der Waals surface area contributed by atoms with Gasteiger partial charge in [0.2, 0.25) is 5.91 Å². The van der Waals surface area contributed by atoms with E-state index in [1.165, 1.54) is 4.88 Å². The van der Waals surface area contributed by atoms with Crippen LogP contribution >= 0.6 is 11.3 Å². The molecule has 0 unspecified atom stereocenters. The van der Waals surface area contributed by atoms with Gasteiger partial charge in [-0.15, -0.1) is 11.3 Å². The zero-order valence-corrected chi connectivity index (χ0v) is 16.2. The molecule has 1 aromatic rings. The van der Waals surface area contributed by atoms with E-state index in [0.29, 0.717) is 12.5 Å². The van der Waals surface area contributed by atoms with E-state index in [2.05, 4.69) is 22.4 Å². The standard InChI is InChI=1S/C19H30N2O3S/c1-20(2)18(22)15-23-11-5-16-6-12-24-19(16)7-9-21(10-8-19)14-17-4-3-13-25-17/h3-4,13,16H,5-12,14-15H2,1-2H3/t16-/m1/s1. The molecule has 0 N–H and O–H groups in total. The highest BCUT2D eigenvalue weighted by atomic mass is 32.1. The third-order valence-electron chi connectivity index (χ3n) is 5.60. The van der Waals surface area contributed by atoms with Gasteiger partial charge in [-0.1, -0.05) is 6.07 Å². The Labute approximate surface area is 154 Å². The SMILES string of the molecule is CN(C)C(=O)COCC[C@@H]1CCOC12CCN(Cc1cccs1)CC2. The van der Waals surface area contributed by atoms with E-state index in [4.69, 9.17) is 9.47 Å². The largest absolute Gasteiger partial charge is 0.375 e. The number of carbonyl (C=O) groups is 1. The van der Waals surface area contributed by atoms with Crippen LogP contribution < -0.4 is 0 Å². The van der Waals surface area contributed by atoms with Gasteiger partial charge in [0, 0.05) is 51.8 Å². The average Bonchev–Trinajstić information content (AvgIpc) is 3.24. The van der Waals surface area contributed by atoms with E-state index < -0.39 is 0 Å². The number of piperidine rings is 1. The van der Waals surface area contributed by atoms with Gasteiger partial charge in [-0.2, -0.15) is 0 Å². The van der Waals surface area contributed by atoms with Crippen LogP contribution in [-0.4, -0.2) is 68.3 Å². The lowest BCUT2D eigenvalue weighted by Gasteiger charge is -2.42. The third-order valence-corrected chi connectivity index (χ3v) is 6.46. The molecule has 0 bridgehead atoms. The van der Waals surface area contributed by atoms with Crippen LogP contribution in [0.15, 0.2) is 17.5 Å². The summed E-state index contributed by atoms with van der Waals surface area (Å²) in [4.78, 5) is 17.1. The molecular formula is C19H30N2O3S. The number of hydrogen-bond acceptors (Lipinski definition) is 5. The Hall–Kier alpha value is -0.950. The summed E-state index contributed by atoms with van der Waals surface area (Å²) in [5.74, 6) is 0.588. The molecule has 1 aromatic heterocycles. The summed E-state index contributed by atoms with van der Waals surface area (Å²) in [6.07, 6.45) is 4.33. The number of likely N-dealkylation sites (tertiary alicyclic amines) is 1. The third kappa shape index (κ3) is 4.82. The van der Waals surface area contributed by atoms with Crippen molar-refractivity contribution in [3.63, 3.8) is 0 Å². The fourth-order valence-electron chi connectivity index (χ4n) is 3.97. The zero-order chi connectivity index (χ0) is 17.7. The summed E-state index contributed by atoms with van der Waals surface area (Å²) >= 11 is 1.84. The van der Waals surface area contributed by atoms with Crippen molar-refractivity contribution in [2.24, 2.45) is 5.92 Å². The molecule has 25 heavy (non-hydrogen) atoms. The first kappa shape index (κ1) is 18.8. The number of rotatable bonds is 7. The number of ether oxygens (including phenoxy) is 2. The maximum absolute atomic E-state index is 11.6. The fourth-order valence-corrected chi connectivity index (χ4v) is 4.72. The normalized spacial score (nSPS) is 23.2. The highest BCUT2D eigenvalue weighted by Gasteiger charge is 2.45. The van der Waals surface area contributed by atoms with Crippen molar-refractivity contribution >= 4 is 17.2 Å². The minimum atomic E-state index is 0.0271. The van der Waals surface area contributed by atoms with Gasteiger partial charge in [-0.3, -0.25) is 9.69 Å². The van der Waals surface area contributed by atoms with Gasteiger partial charge in [0.25, 0.3) is 0 Å². The quantitative estimate of drug-likeness (QED) is 0.696. The van der Waals surface area contributed by atoms with Crippen molar-refractivity contribution < 1.29 is 14.3 Å². The molecule has 0 aliphatic carbocycles. The van der Waals surface area contributed by atoms with Crippen molar-refractivity contribution in [3.8, 4) is 0 Å². The zero-order valence-electron chi connectivity index (χ0n) is 15.4. The maximum atomic E-state index is 11.6. The molecule has 1 atom stereocenters. The van der Waals surface area contributed by atoms with Gasteiger partial charge < -0.3 is 14.4 Å². The minimum Gasteiger partial charge on any atom is -0.375 e. The molecule has 3 heterocycles. The van der Waals surface area contributed by atoms with Crippen LogP contribution in [0.2, 0.25) is 0 Å². The van der Waals surface area contributed by atoms with Crippen LogP contribution in [-0.2, 0) is 20.8 Å². The van der Waals surface area contributed by atoms with E-state index >= 15 is 0 Å². The van der Waals surface area contributed by atoms with Gasteiger partial charge in [-0.05, 0) is 43.0 Å². The van der Waals surface area contributed by atoms with Crippen molar-refractivity contribution in [2.45, 2.75) is 37.8 Å². The van der Waals surface area contributed by atoms with Gasteiger partial charge in [0.1, 0.15) is 6.61 Å². The van der Waals surface area contributed by atoms with Crippen LogP contribution in [0.3, 0.4) is 0 Å². The van der Waals surface area contributed by atoms with E-state index in [1.807, 2.05) is 11.3 Å². The highest BCUT2D eigenvalue weighted by Crippen LogP contribution is 2.42. The van der Waals surface area contributed by atoms with Crippen LogP contribution in [0.5, 0.6) is 0 Å². The van der Waals surface area contributed by atoms with Crippen LogP contribution in [0, 0.1) is 5.92 Å². The molecule has 0 radical (unpaired) electrons. The second-order valence-corrected chi connectivity index (χ2v) is 8.42. The number of thiophene rings is 1. The first-order valence-electron chi connectivity index (χ1n) is 9.26. The molecule has 0 saturated carbocycles. The van der Waals surface area contributed by atoms with Gasteiger partial charge in [0.05, 0.1) is 5.60 Å². The Morgan fingerprint density at radius 3 is 2.92 bits per heavy atom. The molecule has 0 aromatic carbocycles. The predicted octanol–water partition coefficient (Wildman–Crippen LogP) is 2.61. The van der Waals surface area contributed by atoms with Gasteiger partial charge in [0.15, 0.2) is 0 Å². The highest BCUT2D eigenvalue weighted by molar-refractivity contribution is 7.09. The van der Waals surface area contributed by atoms with E-state index in [1.54, 1.807) is 19.0 Å². The molecule has 2 aliphatic heterocycles. The molecule has 6 heteroatoms. The second-order valence-electron chi connectivity index (χ2n) is 7.38. The molecule has 1 amide bonds. The van der Waals surface area contributed by atoms with Crippen LogP contribution in [0.1, 0.15) is 30.6 Å². The van der Waals surface area contributed by atoms with E-state index in [0.717, 1.165) is 51.9 Å². The molecule has 2 saturated heterocycles. The molecule has 3 rings (SSSR count). The summed E-state index contributed by atoms with van der Waals surface area (Å²) in [6.45, 7) is 4.97. The lowest BCUT2D eigenvalue weighted by Crippen LogP contribution is -2.47. The molecule has 140 valence electrons. The van der Waals surface area contributed by atoms with Crippen molar-refractivity contribution in [3.05, 3.63) is 22.4 Å². The molecule has 1 spiro atoms. The Balaban J connectivity index is 1.43. The number of hydrogen-bond donors (Lipinski definition) is 0. The Kier molecular flexibility index (Phi) is 6.49. The van der Waals surface area contributed by atoms with Crippen LogP contribution in [0.25, 0.3) is 0 Å². The Bertz CT molecular complexity index is 539. The first-order chi connectivity index (χ1) is 12.1. The molecule has 2 aliphatic rings. The first-order valence-corrected chi connectivity index (χ1v) is 10.1. The van der Waals surface area contributed by atoms with Crippen LogP contribution in [0.4, 0.5) is 0 Å². The number of amides is 1. The smallest absolute Gasteiger partial charge is 0.248 e. The number of carbonyl (C=O) groups excluding carboxylic acids is 1. The Morgan fingerprint density at radius 2 is 2.24 bits per heavy atom. The van der Waals surface area contributed by atoms with E-state index in [9.17, 15) is 4.79 Å². The monoisotopic (exact) mass is 366 g/mol. The minimum absolute atomic E-state index is 0.0271. The van der Waals surface area contributed by atoms with Crippen molar-refractivity contribution in [2.75, 3.05) is 47.0 Å². The average molecular weight is 367 g/mol. The maximum Gasteiger partial charge on any atom is 0.248 e. The summed E-state index contributed by atoms with van der Waals surface area (Å²) in [6, 6.07) is 4.35. The number of nitrogens with zero attached hydrogens (tertiary/aromatic N) is 2. The summed E-state index contributed by atoms with van der Waals surface area (Å²) in [5.41, 5.74) is 0.0425. The molecule has 5 nitrogen and oxygen atoms in total. The fraction of sp³-hybridized carbons (Fsp3) is 0.737. The second kappa shape index (κ2) is 8.62. The topological polar surface area (TPSA) is 42.0 Å². The van der Waals surface area contributed by atoms with Crippen molar-refractivity contribution in [1.29, 1.82) is 0 Å². The van der Waals surface area contributed by atoms with Gasteiger partial charge in [-0.25, -0.2) is 0 Å². The van der Waals surface area contributed by atoms with Gasteiger partial charge >= 0.3 is 0 Å². The molecular weight excluding hydrogens is 336 g/mol.